The Kier molecular flexibility index (Phi) is 6.20. The maximum atomic E-state index is 5.80. The van der Waals surface area contributed by atoms with Gasteiger partial charge in [-0.2, -0.15) is 0 Å². The molecule has 8 nitrogen and oxygen atoms in total. The van der Waals surface area contributed by atoms with E-state index >= 15 is 0 Å². The van der Waals surface area contributed by atoms with E-state index in [9.17, 15) is 0 Å². The van der Waals surface area contributed by atoms with E-state index < -0.39 is 0 Å². The SMILES string of the molecule is c1cnc2c(NC[C@@H]3CNCCO3)nc(-c3ccc(N4CCCOCC4)cc3)cc2n1. The maximum absolute atomic E-state index is 5.80. The molecular formula is C23H28N6O2. The third kappa shape index (κ3) is 4.76. The van der Waals surface area contributed by atoms with Crippen molar-refractivity contribution in [1.29, 1.82) is 0 Å². The van der Waals surface area contributed by atoms with Crippen LogP contribution in [0.4, 0.5) is 11.5 Å². The first-order chi connectivity index (χ1) is 15.4. The van der Waals surface area contributed by atoms with Crippen LogP contribution in [0.25, 0.3) is 22.3 Å². The van der Waals surface area contributed by atoms with Crippen LogP contribution in [0.15, 0.2) is 42.7 Å². The minimum atomic E-state index is 0.114. The Balaban J connectivity index is 1.40. The van der Waals surface area contributed by atoms with Gasteiger partial charge in [-0.1, -0.05) is 12.1 Å². The summed E-state index contributed by atoms with van der Waals surface area (Å²) in [6, 6.07) is 10.6. The number of nitrogens with one attached hydrogen (secondary N) is 2. The quantitative estimate of drug-likeness (QED) is 0.651. The summed E-state index contributed by atoms with van der Waals surface area (Å²) in [6.45, 7) is 6.71. The van der Waals surface area contributed by atoms with Crippen LogP contribution in [-0.4, -0.2) is 73.6 Å². The van der Waals surface area contributed by atoms with Gasteiger partial charge in [0.1, 0.15) is 5.52 Å². The molecule has 0 spiro atoms. The summed E-state index contributed by atoms with van der Waals surface area (Å²) in [5, 5.41) is 6.79. The molecule has 2 aromatic heterocycles. The number of rotatable bonds is 5. The lowest BCUT2D eigenvalue weighted by molar-refractivity contribution is 0.0372. The lowest BCUT2D eigenvalue weighted by Crippen LogP contribution is -2.42. The predicted molar refractivity (Wildman–Crippen MR) is 122 cm³/mol. The average Bonchev–Trinajstić information content (AvgIpc) is 3.13. The van der Waals surface area contributed by atoms with Gasteiger partial charge in [0.05, 0.1) is 30.5 Å². The number of aromatic nitrogens is 3. The second kappa shape index (κ2) is 9.55. The van der Waals surface area contributed by atoms with Crippen molar-refractivity contribution in [3.63, 3.8) is 0 Å². The number of fused-ring (bicyclic) bond motifs is 1. The molecule has 3 aromatic rings. The number of hydrogen-bond acceptors (Lipinski definition) is 8. The van der Waals surface area contributed by atoms with Gasteiger partial charge in [0, 0.05) is 63.0 Å². The molecule has 2 aliphatic heterocycles. The van der Waals surface area contributed by atoms with Crippen LogP contribution in [0.3, 0.4) is 0 Å². The van der Waals surface area contributed by atoms with E-state index in [1.807, 2.05) is 6.07 Å². The van der Waals surface area contributed by atoms with Gasteiger partial charge in [-0.3, -0.25) is 4.98 Å². The van der Waals surface area contributed by atoms with E-state index in [0.717, 1.165) is 80.5 Å². The van der Waals surface area contributed by atoms with Crippen LogP contribution in [0, 0.1) is 0 Å². The highest BCUT2D eigenvalue weighted by molar-refractivity contribution is 5.88. The summed E-state index contributed by atoms with van der Waals surface area (Å²) in [4.78, 5) is 16.3. The molecule has 31 heavy (non-hydrogen) atoms. The van der Waals surface area contributed by atoms with Crippen molar-refractivity contribution in [3.8, 4) is 11.3 Å². The van der Waals surface area contributed by atoms with Gasteiger partial charge < -0.3 is 25.0 Å². The first-order valence-electron chi connectivity index (χ1n) is 11.0. The van der Waals surface area contributed by atoms with Crippen molar-refractivity contribution >= 4 is 22.5 Å². The van der Waals surface area contributed by atoms with Crippen molar-refractivity contribution in [2.45, 2.75) is 12.5 Å². The summed E-state index contributed by atoms with van der Waals surface area (Å²) in [7, 11) is 0. The minimum absolute atomic E-state index is 0.114. The zero-order valence-electron chi connectivity index (χ0n) is 17.6. The van der Waals surface area contributed by atoms with Gasteiger partial charge >= 0.3 is 0 Å². The topological polar surface area (TPSA) is 84.4 Å². The molecule has 2 fully saturated rings. The van der Waals surface area contributed by atoms with Gasteiger partial charge in [0.2, 0.25) is 0 Å². The summed E-state index contributed by atoms with van der Waals surface area (Å²) < 4.78 is 11.4. The largest absolute Gasteiger partial charge is 0.380 e. The van der Waals surface area contributed by atoms with Crippen LogP contribution in [0.5, 0.6) is 0 Å². The Hall–Kier alpha value is -2.81. The lowest BCUT2D eigenvalue weighted by Gasteiger charge is -2.24. The minimum Gasteiger partial charge on any atom is -0.380 e. The fraction of sp³-hybridized carbons (Fsp3) is 0.435. The second-order valence-corrected chi connectivity index (χ2v) is 7.86. The monoisotopic (exact) mass is 420 g/mol. The molecule has 0 aliphatic carbocycles. The molecule has 1 atom stereocenters. The Morgan fingerprint density at radius 1 is 1.06 bits per heavy atom. The van der Waals surface area contributed by atoms with Crippen LogP contribution in [-0.2, 0) is 9.47 Å². The molecular weight excluding hydrogens is 392 g/mol. The third-order valence-corrected chi connectivity index (χ3v) is 5.71. The fourth-order valence-corrected chi connectivity index (χ4v) is 4.05. The van der Waals surface area contributed by atoms with Gasteiger partial charge in [0.25, 0.3) is 0 Å². The number of hydrogen-bond donors (Lipinski definition) is 2. The Morgan fingerprint density at radius 2 is 1.97 bits per heavy atom. The molecule has 0 bridgehead atoms. The standard InChI is InChI=1S/C23H28N6O2/c1-9-29(10-13-30-11-1)18-4-2-17(3-5-18)20-14-21-22(26-7-6-25-21)23(28-20)27-16-19-15-24-8-12-31-19/h2-7,14,19,24H,1,8-13,15-16H2,(H,27,28)/t19-/m0/s1. The summed E-state index contributed by atoms with van der Waals surface area (Å²) in [6.07, 6.45) is 4.59. The molecule has 4 heterocycles. The first-order valence-corrected chi connectivity index (χ1v) is 11.0. The Bertz CT molecular complexity index is 999. The Morgan fingerprint density at radius 3 is 2.84 bits per heavy atom. The maximum Gasteiger partial charge on any atom is 0.154 e. The molecule has 0 radical (unpaired) electrons. The second-order valence-electron chi connectivity index (χ2n) is 7.86. The van der Waals surface area contributed by atoms with Crippen molar-refractivity contribution in [2.24, 2.45) is 0 Å². The van der Waals surface area contributed by atoms with Crippen LogP contribution >= 0.6 is 0 Å². The first kappa shape index (κ1) is 20.1. The Labute approximate surface area is 182 Å². The molecule has 1 aromatic carbocycles. The van der Waals surface area contributed by atoms with Crippen molar-refractivity contribution in [2.75, 3.05) is 62.8 Å². The summed E-state index contributed by atoms with van der Waals surface area (Å²) >= 11 is 0. The molecule has 8 heteroatoms. The highest BCUT2D eigenvalue weighted by Crippen LogP contribution is 2.27. The summed E-state index contributed by atoms with van der Waals surface area (Å²) in [5.41, 5.74) is 4.75. The smallest absolute Gasteiger partial charge is 0.154 e. The van der Waals surface area contributed by atoms with Gasteiger partial charge in [0.15, 0.2) is 5.82 Å². The van der Waals surface area contributed by atoms with Crippen molar-refractivity contribution < 1.29 is 9.47 Å². The van der Waals surface area contributed by atoms with Crippen LogP contribution in [0.1, 0.15) is 6.42 Å². The number of anilines is 2. The van der Waals surface area contributed by atoms with Gasteiger partial charge in [-0.15, -0.1) is 0 Å². The molecule has 0 amide bonds. The van der Waals surface area contributed by atoms with E-state index in [1.165, 1.54) is 5.69 Å². The molecule has 0 unspecified atom stereocenters. The molecule has 2 N–H and O–H groups in total. The van der Waals surface area contributed by atoms with E-state index in [0.29, 0.717) is 6.54 Å². The zero-order valence-corrected chi connectivity index (χ0v) is 17.6. The normalized spacial score (nSPS) is 19.9. The average molecular weight is 421 g/mol. The van der Waals surface area contributed by atoms with Gasteiger partial charge in [-0.05, 0) is 24.6 Å². The highest BCUT2D eigenvalue weighted by Gasteiger charge is 2.16. The lowest BCUT2D eigenvalue weighted by atomic mass is 10.1. The van der Waals surface area contributed by atoms with E-state index in [-0.39, 0.29) is 6.10 Å². The number of ether oxygens (including phenoxy) is 2. The van der Waals surface area contributed by atoms with E-state index in [4.69, 9.17) is 14.5 Å². The van der Waals surface area contributed by atoms with Crippen LogP contribution < -0.4 is 15.5 Å². The van der Waals surface area contributed by atoms with Crippen molar-refractivity contribution in [1.82, 2.24) is 20.3 Å². The molecule has 0 saturated carbocycles. The fourth-order valence-electron chi connectivity index (χ4n) is 4.05. The number of morpholine rings is 1. The van der Waals surface area contributed by atoms with E-state index in [2.05, 4.69) is 49.8 Å². The van der Waals surface area contributed by atoms with E-state index in [1.54, 1.807) is 12.4 Å². The zero-order chi connectivity index (χ0) is 20.9. The van der Waals surface area contributed by atoms with Gasteiger partial charge in [-0.25, -0.2) is 9.97 Å². The highest BCUT2D eigenvalue weighted by atomic mass is 16.5. The predicted octanol–water partition coefficient (Wildman–Crippen LogP) is 2.32. The number of benzene rings is 1. The summed E-state index contributed by atoms with van der Waals surface area (Å²) in [5.74, 6) is 0.739. The number of pyridine rings is 1. The molecule has 5 rings (SSSR count). The third-order valence-electron chi connectivity index (χ3n) is 5.71. The van der Waals surface area contributed by atoms with Crippen molar-refractivity contribution in [3.05, 3.63) is 42.7 Å². The van der Waals surface area contributed by atoms with Crippen LogP contribution in [0.2, 0.25) is 0 Å². The molecule has 162 valence electrons. The number of nitrogens with zero attached hydrogens (tertiary/aromatic N) is 4. The molecule has 2 saturated heterocycles. The molecule has 2 aliphatic rings.